The van der Waals surface area contributed by atoms with E-state index in [-0.39, 0.29) is 0 Å². The van der Waals surface area contributed by atoms with Gasteiger partial charge in [0, 0.05) is 0 Å². The van der Waals surface area contributed by atoms with Gasteiger partial charge in [-0.15, -0.1) is 0 Å². The van der Waals surface area contributed by atoms with Crippen molar-refractivity contribution in [3.05, 3.63) is 6.67 Å². The van der Waals surface area contributed by atoms with Gasteiger partial charge in [0.05, 0.1) is 0 Å². The highest BCUT2D eigenvalue weighted by molar-refractivity contribution is 4.52. The molecule has 0 spiro atoms. The standard InChI is InChI=1S/C27H54F/c1-2-3-4-5-6-7-8-9-10-11-12-13-14-15-16-17-18-19-20-21-22-23-24-25-26-27-28/h27H,2-26H2,1H3. The largest absolute Gasteiger partial charge is 0.244 e. The molecule has 0 aromatic carbocycles. The van der Waals surface area contributed by atoms with E-state index in [9.17, 15) is 4.39 Å². The molecule has 0 saturated carbocycles. The highest BCUT2D eigenvalue weighted by Gasteiger charge is 1.96. The van der Waals surface area contributed by atoms with E-state index in [0.29, 0.717) is 6.42 Å². The third-order valence-corrected chi connectivity index (χ3v) is 6.17. The fourth-order valence-corrected chi connectivity index (χ4v) is 4.18. The summed E-state index contributed by atoms with van der Waals surface area (Å²) in [6.07, 6.45) is 34.6. The zero-order valence-electron chi connectivity index (χ0n) is 19.6. The van der Waals surface area contributed by atoms with Crippen molar-refractivity contribution in [2.75, 3.05) is 0 Å². The molecule has 0 aliphatic heterocycles. The van der Waals surface area contributed by atoms with E-state index in [0.717, 1.165) is 13.1 Å². The topological polar surface area (TPSA) is 0 Å². The highest BCUT2D eigenvalue weighted by atomic mass is 19.1. The smallest absolute Gasteiger partial charge is 0.131 e. The zero-order valence-corrected chi connectivity index (χ0v) is 19.6. The van der Waals surface area contributed by atoms with Gasteiger partial charge < -0.3 is 0 Å². The maximum atomic E-state index is 11.8. The van der Waals surface area contributed by atoms with Gasteiger partial charge in [-0.05, 0) is 6.42 Å². The van der Waals surface area contributed by atoms with Gasteiger partial charge in [-0.3, -0.25) is 0 Å². The molecule has 28 heavy (non-hydrogen) atoms. The van der Waals surface area contributed by atoms with Crippen LogP contribution in [0.2, 0.25) is 0 Å². The highest BCUT2D eigenvalue weighted by Crippen LogP contribution is 2.15. The average Bonchev–Trinajstić information content (AvgIpc) is 2.71. The molecular formula is C27H54F. The van der Waals surface area contributed by atoms with Crippen molar-refractivity contribution in [2.45, 2.75) is 167 Å². The average molecular weight is 398 g/mol. The van der Waals surface area contributed by atoms with E-state index in [1.807, 2.05) is 0 Å². The minimum atomic E-state index is 0.652. The minimum Gasteiger partial charge on any atom is -0.244 e. The first-order valence-corrected chi connectivity index (χ1v) is 13.3. The van der Waals surface area contributed by atoms with Gasteiger partial charge in [-0.2, -0.15) is 0 Å². The van der Waals surface area contributed by atoms with Crippen LogP contribution in [0.25, 0.3) is 0 Å². The molecule has 0 unspecified atom stereocenters. The SMILES string of the molecule is CCCCCCCCCCCCCCCCCCCCCCCCCC[CH]F. The zero-order chi connectivity index (χ0) is 20.4. The van der Waals surface area contributed by atoms with Crippen molar-refractivity contribution in [3.8, 4) is 0 Å². The molecule has 169 valence electrons. The van der Waals surface area contributed by atoms with Crippen molar-refractivity contribution in [1.29, 1.82) is 0 Å². The van der Waals surface area contributed by atoms with Crippen LogP contribution in [0.3, 0.4) is 0 Å². The lowest BCUT2D eigenvalue weighted by molar-refractivity contribution is 0.511. The molecule has 0 atom stereocenters. The van der Waals surface area contributed by atoms with Crippen LogP contribution in [-0.2, 0) is 0 Å². The maximum absolute atomic E-state index is 11.8. The predicted octanol–water partition coefficient (Wildman–Crippen LogP) is 10.9. The summed E-state index contributed by atoms with van der Waals surface area (Å²) in [6, 6.07) is 0. The Kier molecular flexibility index (Phi) is 26.9. The van der Waals surface area contributed by atoms with Crippen LogP contribution in [0, 0.1) is 6.67 Å². The molecule has 0 nitrogen and oxygen atoms in total. The maximum Gasteiger partial charge on any atom is 0.131 e. The summed E-state index contributed by atoms with van der Waals surface area (Å²) in [6.45, 7) is 3.10. The van der Waals surface area contributed by atoms with E-state index in [1.54, 1.807) is 0 Å². The van der Waals surface area contributed by atoms with E-state index >= 15 is 0 Å². The Morgan fingerprint density at radius 2 is 0.571 bits per heavy atom. The number of unbranched alkanes of at least 4 members (excludes halogenated alkanes) is 24. The van der Waals surface area contributed by atoms with Gasteiger partial charge in [0.1, 0.15) is 6.67 Å². The number of rotatable bonds is 25. The second kappa shape index (κ2) is 26.9. The van der Waals surface area contributed by atoms with Crippen LogP contribution in [-0.4, -0.2) is 0 Å². The Morgan fingerprint density at radius 1 is 0.357 bits per heavy atom. The fraction of sp³-hybridized carbons (Fsp3) is 0.963. The van der Waals surface area contributed by atoms with E-state index < -0.39 is 0 Å². The molecule has 0 aliphatic rings. The Hall–Kier alpha value is -0.0700. The first-order valence-electron chi connectivity index (χ1n) is 13.3. The van der Waals surface area contributed by atoms with E-state index in [4.69, 9.17) is 0 Å². The van der Waals surface area contributed by atoms with E-state index in [1.165, 1.54) is 148 Å². The Morgan fingerprint density at radius 3 is 0.786 bits per heavy atom. The molecule has 0 aromatic rings. The Labute approximate surface area is 178 Å². The van der Waals surface area contributed by atoms with Crippen molar-refractivity contribution >= 4 is 0 Å². The lowest BCUT2D eigenvalue weighted by Gasteiger charge is -2.04. The summed E-state index contributed by atoms with van der Waals surface area (Å²) >= 11 is 0. The van der Waals surface area contributed by atoms with Crippen molar-refractivity contribution in [2.24, 2.45) is 0 Å². The fourth-order valence-electron chi connectivity index (χ4n) is 4.18. The summed E-state index contributed by atoms with van der Waals surface area (Å²) in [5, 5.41) is 0. The summed E-state index contributed by atoms with van der Waals surface area (Å²) in [4.78, 5) is 0. The second-order valence-corrected chi connectivity index (χ2v) is 9.07. The molecule has 0 bridgehead atoms. The van der Waals surface area contributed by atoms with Crippen LogP contribution in [0.15, 0.2) is 0 Å². The summed E-state index contributed by atoms with van der Waals surface area (Å²) in [7, 11) is 0. The van der Waals surface area contributed by atoms with Gasteiger partial charge >= 0.3 is 0 Å². The molecule has 0 aromatic heterocycles. The van der Waals surface area contributed by atoms with Gasteiger partial charge in [0.2, 0.25) is 0 Å². The molecule has 1 radical (unpaired) electrons. The Balaban J connectivity index is 2.96. The molecule has 0 fully saturated rings. The summed E-state index contributed by atoms with van der Waals surface area (Å²) < 4.78 is 11.8. The lowest BCUT2D eigenvalue weighted by atomic mass is 10.0. The van der Waals surface area contributed by atoms with Crippen LogP contribution in [0.1, 0.15) is 167 Å². The minimum absolute atomic E-state index is 0.652. The molecule has 0 heterocycles. The first kappa shape index (κ1) is 27.9. The van der Waals surface area contributed by atoms with Crippen LogP contribution >= 0.6 is 0 Å². The molecule has 1 heteroatoms. The second-order valence-electron chi connectivity index (χ2n) is 9.07. The summed E-state index contributed by atoms with van der Waals surface area (Å²) in [5.41, 5.74) is 0. The molecule has 0 aliphatic carbocycles. The van der Waals surface area contributed by atoms with Gasteiger partial charge in [0.15, 0.2) is 0 Å². The van der Waals surface area contributed by atoms with Crippen LogP contribution < -0.4 is 0 Å². The molecule has 0 amide bonds. The molecule has 0 rings (SSSR count). The predicted molar refractivity (Wildman–Crippen MR) is 127 cm³/mol. The molecular weight excluding hydrogens is 343 g/mol. The monoisotopic (exact) mass is 397 g/mol. The Bertz CT molecular complexity index is 225. The van der Waals surface area contributed by atoms with Crippen molar-refractivity contribution in [3.63, 3.8) is 0 Å². The van der Waals surface area contributed by atoms with Gasteiger partial charge in [-0.1, -0.05) is 161 Å². The van der Waals surface area contributed by atoms with Crippen LogP contribution in [0.5, 0.6) is 0 Å². The number of halogens is 1. The summed E-state index contributed by atoms with van der Waals surface area (Å²) in [5.74, 6) is 0. The van der Waals surface area contributed by atoms with Crippen LogP contribution in [0.4, 0.5) is 4.39 Å². The first-order chi connectivity index (χ1) is 13.9. The number of hydrogen-bond acceptors (Lipinski definition) is 0. The number of hydrogen-bond donors (Lipinski definition) is 0. The van der Waals surface area contributed by atoms with Gasteiger partial charge in [-0.25, -0.2) is 4.39 Å². The van der Waals surface area contributed by atoms with Crippen molar-refractivity contribution < 1.29 is 4.39 Å². The lowest BCUT2D eigenvalue weighted by Crippen LogP contribution is -1.84. The van der Waals surface area contributed by atoms with Gasteiger partial charge in [0.25, 0.3) is 0 Å². The third kappa shape index (κ3) is 25.9. The normalized spacial score (nSPS) is 11.4. The third-order valence-electron chi connectivity index (χ3n) is 6.17. The van der Waals surface area contributed by atoms with E-state index in [2.05, 4.69) is 6.92 Å². The van der Waals surface area contributed by atoms with Crippen molar-refractivity contribution in [1.82, 2.24) is 0 Å². The quantitative estimate of drug-likeness (QED) is 0.134. The molecule has 0 N–H and O–H groups in total. The molecule has 0 saturated heterocycles.